The Bertz CT molecular complexity index is 914. The van der Waals surface area contributed by atoms with Crippen LogP contribution in [0.15, 0.2) is 29.1 Å². The molecule has 164 valence electrons. The number of tetrazole rings is 1. The third-order valence-electron chi connectivity index (χ3n) is 5.55. The van der Waals surface area contributed by atoms with Gasteiger partial charge in [-0.2, -0.15) is 9.36 Å². The van der Waals surface area contributed by atoms with E-state index in [4.69, 9.17) is 4.74 Å². The van der Waals surface area contributed by atoms with E-state index in [1.807, 2.05) is 6.92 Å². The van der Waals surface area contributed by atoms with E-state index >= 15 is 0 Å². The second kappa shape index (κ2) is 9.94. The summed E-state index contributed by atoms with van der Waals surface area (Å²) < 4.78 is 22.9. The van der Waals surface area contributed by atoms with Crippen molar-refractivity contribution < 1.29 is 13.9 Å². The van der Waals surface area contributed by atoms with Crippen LogP contribution in [-0.2, 0) is 22.6 Å². The van der Waals surface area contributed by atoms with Gasteiger partial charge in [0.2, 0.25) is 5.91 Å². The van der Waals surface area contributed by atoms with E-state index in [0.717, 1.165) is 0 Å². The summed E-state index contributed by atoms with van der Waals surface area (Å²) in [5, 5.41) is 7.73. The lowest BCUT2D eigenvalue weighted by atomic mass is 9.98. The van der Waals surface area contributed by atoms with E-state index in [-0.39, 0.29) is 35.9 Å². The number of likely N-dealkylation sites (tertiary alicyclic amines) is 1. The fourth-order valence-electron chi connectivity index (χ4n) is 3.89. The van der Waals surface area contributed by atoms with Gasteiger partial charge in [0, 0.05) is 39.7 Å². The molecule has 2 heterocycles. The molecule has 1 aliphatic heterocycles. The van der Waals surface area contributed by atoms with Gasteiger partial charge in [-0.15, -0.1) is 0 Å². The van der Waals surface area contributed by atoms with Gasteiger partial charge in [0.25, 0.3) is 0 Å². The van der Waals surface area contributed by atoms with Crippen molar-refractivity contribution in [1.29, 1.82) is 0 Å². The topological polar surface area (TPSA) is 85.5 Å². The molecule has 0 saturated carbocycles. The van der Waals surface area contributed by atoms with Crippen molar-refractivity contribution in [3.05, 3.63) is 40.6 Å². The van der Waals surface area contributed by atoms with Crippen LogP contribution in [0.5, 0.6) is 0 Å². The molecule has 1 saturated heterocycles. The number of para-hydroxylation sites is 1. The van der Waals surface area contributed by atoms with Crippen LogP contribution in [0.25, 0.3) is 0 Å². The number of amides is 1. The number of ether oxygens (including phenoxy) is 1. The smallest absolute Gasteiger partial charge is 0.363 e. The number of halogens is 1. The van der Waals surface area contributed by atoms with Crippen LogP contribution in [0.2, 0.25) is 0 Å². The molecular formula is C20H29FN6O3. The van der Waals surface area contributed by atoms with Crippen molar-refractivity contribution in [2.24, 2.45) is 0 Å². The van der Waals surface area contributed by atoms with Gasteiger partial charge in [0.15, 0.2) is 0 Å². The molecule has 1 aromatic carbocycles. The minimum absolute atomic E-state index is 0.136. The molecule has 2 atom stereocenters. The number of carbonyl (C=O) groups excluding carboxylic acids is 1. The van der Waals surface area contributed by atoms with Crippen LogP contribution in [0, 0.1) is 5.82 Å². The zero-order valence-electron chi connectivity index (χ0n) is 17.7. The molecule has 2 aromatic rings. The Hall–Kier alpha value is -2.59. The second-order valence-electron chi connectivity index (χ2n) is 7.30. The molecule has 0 aliphatic carbocycles. The van der Waals surface area contributed by atoms with Gasteiger partial charge in [-0.05, 0) is 35.9 Å². The van der Waals surface area contributed by atoms with E-state index in [1.165, 1.54) is 15.4 Å². The maximum atomic E-state index is 14.5. The Kier molecular flexibility index (Phi) is 7.33. The number of anilines is 1. The van der Waals surface area contributed by atoms with E-state index in [2.05, 4.69) is 15.3 Å². The summed E-state index contributed by atoms with van der Waals surface area (Å²) in [5.41, 5.74) is 0.0579. The van der Waals surface area contributed by atoms with Gasteiger partial charge in [-0.1, -0.05) is 19.1 Å². The molecular weight excluding hydrogens is 391 g/mol. The van der Waals surface area contributed by atoms with Crippen LogP contribution >= 0.6 is 0 Å². The summed E-state index contributed by atoms with van der Waals surface area (Å²) in [6, 6.07) is 6.07. The molecule has 1 aromatic heterocycles. The third kappa shape index (κ3) is 4.59. The maximum Gasteiger partial charge on any atom is 0.363 e. The number of piperidine rings is 1. The molecule has 10 heteroatoms. The van der Waals surface area contributed by atoms with Crippen LogP contribution in [0.4, 0.5) is 10.1 Å². The Morgan fingerprint density at radius 1 is 1.23 bits per heavy atom. The van der Waals surface area contributed by atoms with Crippen molar-refractivity contribution in [2.45, 2.75) is 51.9 Å². The first-order valence-corrected chi connectivity index (χ1v) is 10.3. The summed E-state index contributed by atoms with van der Waals surface area (Å²) in [7, 11) is 1.61. The van der Waals surface area contributed by atoms with Crippen LogP contribution < -0.4 is 10.6 Å². The standard InChI is InChI=1S/C20H29FN6O3/c1-4-19(28)27(16-9-7-6-8-15(16)21)17-10-11-24(14-18(17)30-3)12-13-26-20(29)25(5-2)22-23-26/h6-9,17-18H,4-5,10-14H2,1-3H3/t17-,18+/m0/s1. The van der Waals surface area contributed by atoms with E-state index < -0.39 is 5.82 Å². The van der Waals surface area contributed by atoms with Crippen molar-refractivity contribution in [3.63, 3.8) is 0 Å². The first kappa shape index (κ1) is 22.1. The molecule has 0 bridgehead atoms. The van der Waals surface area contributed by atoms with Gasteiger partial charge in [0.1, 0.15) is 5.82 Å². The fraction of sp³-hybridized carbons (Fsp3) is 0.600. The zero-order chi connectivity index (χ0) is 21.7. The molecule has 0 radical (unpaired) electrons. The lowest BCUT2D eigenvalue weighted by molar-refractivity contribution is -0.120. The number of hydrogen-bond acceptors (Lipinski definition) is 6. The third-order valence-corrected chi connectivity index (χ3v) is 5.55. The van der Waals surface area contributed by atoms with Crippen molar-refractivity contribution >= 4 is 11.6 Å². The highest BCUT2D eigenvalue weighted by atomic mass is 19.1. The maximum absolute atomic E-state index is 14.5. The first-order valence-electron chi connectivity index (χ1n) is 10.3. The number of methoxy groups -OCH3 is 1. The largest absolute Gasteiger partial charge is 0.378 e. The average Bonchev–Trinajstić information content (AvgIpc) is 3.13. The molecule has 3 rings (SSSR count). The monoisotopic (exact) mass is 420 g/mol. The Morgan fingerprint density at radius 2 is 1.97 bits per heavy atom. The minimum atomic E-state index is -0.421. The molecule has 1 aliphatic rings. The number of benzene rings is 1. The summed E-state index contributed by atoms with van der Waals surface area (Å²) in [6.07, 6.45) is 0.632. The van der Waals surface area contributed by atoms with Crippen molar-refractivity contribution in [2.75, 3.05) is 31.6 Å². The lowest BCUT2D eigenvalue weighted by Crippen LogP contribution is -2.57. The molecule has 0 spiro atoms. The number of aryl methyl sites for hydroxylation is 1. The van der Waals surface area contributed by atoms with Crippen LogP contribution in [0.3, 0.4) is 0 Å². The van der Waals surface area contributed by atoms with E-state index in [0.29, 0.717) is 39.1 Å². The normalized spacial score (nSPS) is 19.7. The Labute approximate surface area is 175 Å². The molecule has 9 nitrogen and oxygen atoms in total. The number of rotatable bonds is 8. The molecule has 1 fully saturated rings. The SMILES string of the molecule is CCC(=O)N(c1ccccc1F)[C@H]1CCN(CCn2nnn(CC)c2=O)C[C@H]1OC. The highest BCUT2D eigenvalue weighted by Crippen LogP contribution is 2.28. The number of carbonyl (C=O) groups is 1. The summed E-state index contributed by atoms with van der Waals surface area (Å²) >= 11 is 0. The molecule has 0 N–H and O–H groups in total. The average molecular weight is 420 g/mol. The van der Waals surface area contributed by atoms with Crippen LogP contribution in [-0.4, -0.2) is 69.5 Å². The fourth-order valence-corrected chi connectivity index (χ4v) is 3.89. The molecule has 0 unspecified atom stereocenters. The highest BCUT2D eigenvalue weighted by Gasteiger charge is 2.37. The predicted octanol–water partition coefficient (Wildman–Crippen LogP) is 1.13. The number of hydrogen-bond donors (Lipinski definition) is 0. The number of nitrogens with zero attached hydrogens (tertiary/aromatic N) is 6. The quantitative estimate of drug-likeness (QED) is 0.637. The number of aromatic nitrogens is 4. The van der Waals surface area contributed by atoms with Gasteiger partial charge >= 0.3 is 5.69 Å². The van der Waals surface area contributed by atoms with Gasteiger partial charge in [-0.3, -0.25) is 9.69 Å². The predicted molar refractivity (Wildman–Crippen MR) is 110 cm³/mol. The van der Waals surface area contributed by atoms with E-state index in [1.54, 1.807) is 37.1 Å². The minimum Gasteiger partial charge on any atom is -0.378 e. The second-order valence-corrected chi connectivity index (χ2v) is 7.30. The van der Waals surface area contributed by atoms with Gasteiger partial charge in [-0.25, -0.2) is 9.18 Å². The molecule has 30 heavy (non-hydrogen) atoms. The van der Waals surface area contributed by atoms with E-state index in [9.17, 15) is 14.0 Å². The Balaban J connectivity index is 1.72. The highest BCUT2D eigenvalue weighted by molar-refractivity contribution is 5.94. The van der Waals surface area contributed by atoms with Crippen LogP contribution in [0.1, 0.15) is 26.7 Å². The van der Waals surface area contributed by atoms with Crippen molar-refractivity contribution in [1.82, 2.24) is 24.7 Å². The summed E-state index contributed by atoms with van der Waals surface area (Å²) in [4.78, 5) is 28.5. The summed E-state index contributed by atoms with van der Waals surface area (Å²) in [6.45, 7) is 6.39. The molecule has 1 amide bonds. The van der Waals surface area contributed by atoms with Gasteiger partial charge in [0.05, 0.1) is 24.4 Å². The first-order chi connectivity index (χ1) is 14.5. The van der Waals surface area contributed by atoms with Gasteiger partial charge < -0.3 is 9.64 Å². The lowest BCUT2D eigenvalue weighted by Gasteiger charge is -2.43. The Morgan fingerprint density at radius 3 is 2.60 bits per heavy atom. The zero-order valence-corrected chi connectivity index (χ0v) is 17.7. The van der Waals surface area contributed by atoms with Crippen molar-refractivity contribution in [3.8, 4) is 0 Å². The summed E-state index contributed by atoms with van der Waals surface area (Å²) in [5.74, 6) is -0.557.